The minimum absolute atomic E-state index is 0.245. The van der Waals surface area contributed by atoms with Gasteiger partial charge in [-0.1, -0.05) is 13.8 Å². The molecule has 118 valence electrons. The van der Waals surface area contributed by atoms with Gasteiger partial charge in [-0.25, -0.2) is 9.67 Å². The molecule has 7 heteroatoms. The van der Waals surface area contributed by atoms with E-state index in [4.69, 9.17) is 9.84 Å². The standard InChI is InChI=1S/C15H20N4O3/c1-9(2)5-13-17-15(19(18-13)8-14(20)21)11-6-10(3)16-7-12(11)22-4/h6-7,9H,5,8H2,1-4H3,(H,20,21). The SMILES string of the molecule is COc1cnc(C)cc1-c1nc(CC(C)C)nn1CC(=O)O. The molecule has 0 fully saturated rings. The summed E-state index contributed by atoms with van der Waals surface area (Å²) in [6.07, 6.45) is 2.29. The van der Waals surface area contributed by atoms with E-state index in [-0.39, 0.29) is 6.54 Å². The zero-order valence-electron chi connectivity index (χ0n) is 13.2. The number of carbonyl (C=O) groups is 1. The molecule has 0 aliphatic carbocycles. The topological polar surface area (TPSA) is 90.1 Å². The average molecular weight is 304 g/mol. The second kappa shape index (κ2) is 6.55. The third kappa shape index (κ3) is 3.60. The maximum Gasteiger partial charge on any atom is 0.325 e. The number of aliphatic carboxylic acids is 1. The molecule has 0 aliphatic rings. The number of aromatic nitrogens is 4. The van der Waals surface area contributed by atoms with Gasteiger partial charge in [0.15, 0.2) is 11.6 Å². The van der Waals surface area contributed by atoms with Crippen LogP contribution >= 0.6 is 0 Å². The number of aryl methyl sites for hydroxylation is 1. The normalized spacial score (nSPS) is 11.0. The van der Waals surface area contributed by atoms with Crippen LogP contribution in [-0.4, -0.2) is 37.9 Å². The van der Waals surface area contributed by atoms with E-state index < -0.39 is 5.97 Å². The average Bonchev–Trinajstić information content (AvgIpc) is 2.79. The zero-order chi connectivity index (χ0) is 16.3. The van der Waals surface area contributed by atoms with Crippen molar-refractivity contribution in [3.63, 3.8) is 0 Å². The maximum absolute atomic E-state index is 11.1. The predicted molar refractivity (Wildman–Crippen MR) is 80.7 cm³/mol. The molecule has 0 saturated heterocycles. The van der Waals surface area contributed by atoms with Crippen LogP contribution in [0, 0.1) is 12.8 Å². The van der Waals surface area contributed by atoms with E-state index in [1.807, 2.05) is 13.0 Å². The summed E-state index contributed by atoms with van der Waals surface area (Å²) in [4.78, 5) is 19.8. The van der Waals surface area contributed by atoms with Crippen LogP contribution in [0.2, 0.25) is 0 Å². The van der Waals surface area contributed by atoms with Crippen LogP contribution in [0.15, 0.2) is 12.3 Å². The summed E-state index contributed by atoms with van der Waals surface area (Å²) in [5.41, 5.74) is 1.49. The molecule has 2 rings (SSSR count). The van der Waals surface area contributed by atoms with Crippen molar-refractivity contribution < 1.29 is 14.6 Å². The summed E-state index contributed by atoms with van der Waals surface area (Å²) < 4.78 is 6.71. The van der Waals surface area contributed by atoms with Crippen molar-refractivity contribution >= 4 is 5.97 Å². The van der Waals surface area contributed by atoms with E-state index in [1.165, 1.54) is 4.68 Å². The van der Waals surface area contributed by atoms with Crippen molar-refractivity contribution in [2.45, 2.75) is 33.7 Å². The summed E-state index contributed by atoms with van der Waals surface area (Å²) >= 11 is 0. The molecule has 2 aromatic heterocycles. The Kier molecular flexibility index (Phi) is 4.75. The van der Waals surface area contributed by atoms with Crippen molar-refractivity contribution in [3.05, 3.63) is 23.8 Å². The van der Waals surface area contributed by atoms with E-state index in [1.54, 1.807) is 13.3 Å². The number of ether oxygens (including phenoxy) is 1. The molecule has 0 bridgehead atoms. The van der Waals surface area contributed by atoms with Gasteiger partial charge in [-0.2, -0.15) is 5.10 Å². The summed E-state index contributed by atoms with van der Waals surface area (Å²) in [5.74, 6) is 1.07. The number of carboxylic acid groups (broad SMARTS) is 1. The van der Waals surface area contributed by atoms with Gasteiger partial charge in [0.05, 0.1) is 18.9 Å². The molecule has 0 spiro atoms. The molecule has 2 aromatic rings. The van der Waals surface area contributed by atoms with Gasteiger partial charge in [0, 0.05) is 12.1 Å². The Morgan fingerprint density at radius 1 is 1.45 bits per heavy atom. The molecule has 0 aromatic carbocycles. The van der Waals surface area contributed by atoms with Gasteiger partial charge in [0.25, 0.3) is 0 Å². The molecule has 1 N–H and O–H groups in total. The third-order valence-corrected chi connectivity index (χ3v) is 3.06. The van der Waals surface area contributed by atoms with Gasteiger partial charge in [0.1, 0.15) is 12.3 Å². The first kappa shape index (κ1) is 15.9. The fourth-order valence-electron chi connectivity index (χ4n) is 2.16. The molecule has 22 heavy (non-hydrogen) atoms. The van der Waals surface area contributed by atoms with Crippen LogP contribution in [0.4, 0.5) is 0 Å². The Hall–Kier alpha value is -2.44. The van der Waals surface area contributed by atoms with Gasteiger partial charge in [0.2, 0.25) is 0 Å². The lowest BCUT2D eigenvalue weighted by atomic mass is 10.1. The van der Waals surface area contributed by atoms with Crippen LogP contribution in [0.3, 0.4) is 0 Å². The van der Waals surface area contributed by atoms with Crippen molar-refractivity contribution in [1.82, 2.24) is 19.7 Å². The molecule has 0 saturated carbocycles. The lowest BCUT2D eigenvalue weighted by Gasteiger charge is -2.08. The molecule has 7 nitrogen and oxygen atoms in total. The highest BCUT2D eigenvalue weighted by atomic mass is 16.5. The number of carboxylic acids is 1. The van der Waals surface area contributed by atoms with Gasteiger partial charge in [-0.3, -0.25) is 9.78 Å². The summed E-state index contributed by atoms with van der Waals surface area (Å²) in [5, 5.41) is 13.4. The highest BCUT2D eigenvalue weighted by Gasteiger charge is 2.18. The predicted octanol–water partition coefficient (Wildman–Crippen LogP) is 1.94. The fourth-order valence-corrected chi connectivity index (χ4v) is 2.16. The molecular formula is C15H20N4O3. The maximum atomic E-state index is 11.1. The summed E-state index contributed by atoms with van der Waals surface area (Å²) in [7, 11) is 1.54. The van der Waals surface area contributed by atoms with E-state index in [0.29, 0.717) is 35.3 Å². The lowest BCUT2D eigenvalue weighted by Crippen LogP contribution is -2.12. The monoisotopic (exact) mass is 304 g/mol. The van der Waals surface area contributed by atoms with Gasteiger partial charge in [-0.05, 0) is 18.9 Å². The quantitative estimate of drug-likeness (QED) is 0.877. The molecular weight excluding hydrogens is 284 g/mol. The Morgan fingerprint density at radius 3 is 2.77 bits per heavy atom. The number of nitrogens with zero attached hydrogens (tertiary/aromatic N) is 4. The smallest absolute Gasteiger partial charge is 0.325 e. The van der Waals surface area contributed by atoms with Gasteiger partial charge in [-0.15, -0.1) is 0 Å². The van der Waals surface area contributed by atoms with Gasteiger partial charge < -0.3 is 9.84 Å². The highest BCUT2D eigenvalue weighted by Crippen LogP contribution is 2.28. The van der Waals surface area contributed by atoms with Crippen LogP contribution in [0.1, 0.15) is 25.4 Å². The molecule has 0 radical (unpaired) electrons. The Labute approximate surface area is 129 Å². The molecule has 0 aliphatic heterocycles. The largest absolute Gasteiger partial charge is 0.494 e. The summed E-state index contributed by atoms with van der Waals surface area (Å²) in [6.45, 7) is 5.74. The van der Waals surface area contributed by atoms with Crippen molar-refractivity contribution in [2.24, 2.45) is 5.92 Å². The minimum Gasteiger partial charge on any atom is -0.494 e. The van der Waals surface area contributed by atoms with Crippen LogP contribution in [-0.2, 0) is 17.8 Å². The number of hydrogen-bond acceptors (Lipinski definition) is 5. The number of pyridine rings is 1. The van der Waals surface area contributed by atoms with E-state index in [9.17, 15) is 4.79 Å². The molecule has 0 amide bonds. The van der Waals surface area contributed by atoms with Crippen LogP contribution < -0.4 is 4.74 Å². The second-order valence-electron chi connectivity index (χ2n) is 5.53. The summed E-state index contributed by atoms with van der Waals surface area (Å²) in [6, 6.07) is 1.82. The van der Waals surface area contributed by atoms with E-state index in [2.05, 4.69) is 28.9 Å². The number of methoxy groups -OCH3 is 1. The number of rotatable bonds is 6. The van der Waals surface area contributed by atoms with E-state index >= 15 is 0 Å². The Bertz CT molecular complexity index is 679. The molecule has 0 atom stereocenters. The molecule has 0 unspecified atom stereocenters. The first-order chi connectivity index (χ1) is 10.4. The van der Waals surface area contributed by atoms with Crippen molar-refractivity contribution in [3.8, 4) is 17.1 Å². The zero-order valence-corrected chi connectivity index (χ0v) is 13.2. The molecule has 2 heterocycles. The van der Waals surface area contributed by atoms with Crippen molar-refractivity contribution in [2.75, 3.05) is 7.11 Å². The van der Waals surface area contributed by atoms with Crippen molar-refractivity contribution in [1.29, 1.82) is 0 Å². The van der Waals surface area contributed by atoms with Crippen LogP contribution in [0.5, 0.6) is 5.75 Å². The Balaban J connectivity index is 2.54. The van der Waals surface area contributed by atoms with Gasteiger partial charge >= 0.3 is 5.97 Å². The first-order valence-corrected chi connectivity index (χ1v) is 7.07. The Morgan fingerprint density at radius 2 is 2.18 bits per heavy atom. The minimum atomic E-state index is -0.966. The van der Waals surface area contributed by atoms with E-state index in [0.717, 1.165) is 5.69 Å². The first-order valence-electron chi connectivity index (χ1n) is 7.07. The fraction of sp³-hybridized carbons (Fsp3) is 0.467. The third-order valence-electron chi connectivity index (χ3n) is 3.06. The number of hydrogen-bond donors (Lipinski definition) is 1. The lowest BCUT2D eigenvalue weighted by molar-refractivity contribution is -0.137. The highest BCUT2D eigenvalue weighted by molar-refractivity contribution is 5.69. The second-order valence-corrected chi connectivity index (χ2v) is 5.53. The van der Waals surface area contributed by atoms with Crippen LogP contribution in [0.25, 0.3) is 11.4 Å².